The van der Waals surface area contributed by atoms with Crippen molar-refractivity contribution in [3.8, 4) is 11.3 Å². The summed E-state index contributed by atoms with van der Waals surface area (Å²) in [4.78, 5) is 20.9. The summed E-state index contributed by atoms with van der Waals surface area (Å²) in [6.07, 6.45) is 2.77. The fraction of sp³-hybridized carbons (Fsp3) is 0.318. The van der Waals surface area contributed by atoms with Crippen LogP contribution in [0.25, 0.3) is 22.3 Å². The normalized spacial score (nSPS) is 12.1. The summed E-state index contributed by atoms with van der Waals surface area (Å²) in [6, 6.07) is 7.97. The van der Waals surface area contributed by atoms with E-state index in [1.165, 1.54) is 19.5 Å². The molecule has 3 rings (SSSR count). The van der Waals surface area contributed by atoms with E-state index in [4.69, 9.17) is 21.0 Å². The molecule has 4 N–H and O–H groups in total. The number of ether oxygens (including phenoxy) is 1. The van der Waals surface area contributed by atoms with E-state index < -0.39 is 11.4 Å². The summed E-state index contributed by atoms with van der Waals surface area (Å²) in [5.41, 5.74) is 8.63. The highest BCUT2D eigenvalue weighted by molar-refractivity contribution is 6.42. The first-order valence-electron chi connectivity index (χ1n) is 9.80. The Bertz CT molecular complexity index is 1160. The highest BCUT2D eigenvalue weighted by Crippen LogP contribution is 2.32. The number of aromatic nitrogens is 4. The second-order valence-electron chi connectivity index (χ2n) is 7.95. The number of benzene rings is 1. The number of nitrogens with two attached hydrogens (primary N) is 1. The molecular weight excluding hydrogens is 394 g/mol. The molecule has 162 valence electrons. The molecular formula is C22H27N7O2. The zero-order chi connectivity index (χ0) is 22.8. The van der Waals surface area contributed by atoms with Gasteiger partial charge in [0.25, 0.3) is 5.91 Å². The third-order valence-electron chi connectivity index (χ3n) is 4.99. The van der Waals surface area contributed by atoms with Crippen molar-refractivity contribution in [2.24, 2.45) is 0 Å². The van der Waals surface area contributed by atoms with Crippen molar-refractivity contribution in [1.29, 1.82) is 5.41 Å². The van der Waals surface area contributed by atoms with Crippen molar-refractivity contribution in [1.82, 2.24) is 25.1 Å². The summed E-state index contributed by atoms with van der Waals surface area (Å²) in [6.45, 7) is 7.78. The van der Waals surface area contributed by atoms with Crippen LogP contribution >= 0.6 is 0 Å². The molecule has 0 saturated carbocycles. The zero-order valence-electron chi connectivity index (χ0n) is 18.4. The van der Waals surface area contributed by atoms with Crippen molar-refractivity contribution in [2.75, 3.05) is 19.4 Å². The van der Waals surface area contributed by atoms with Gasteiger partial charge in [-0.25, -0.2) is 14.6 Å². The van der Waals surface area contributed by atoms with Crippen LogP contribution in [0, 0.1) is 12.3 Å². The highest BCUT2D eigenvalue weighted by atomic mass is 16.5. The third kappa shape index (κ3) is 4.55. The Kier molecular flexibility index (Phi) is 6.05. The van der Waals surface area contributed by atoms with Crippen LogP contribution in [0.15, 0.2) is 42.4 Å². The van der Waals surface area contributed by atoms with Crippen molar-refractivity contribution in [3.63, 3.8) is 0 Å². The van der Waals surface area contributed by atoms with Crippen LogP contribution in [0.2, 0.25) is 0 Å². The molecule has 0 saturated heterocycles. The largest absolute Gasteiger partial charge is 0.501 e. The smallest absolute Gasteiger partial charge is 0.269 e. The Morgan fingerprint density at radius 2 is 1.97 bits per heavy atom. The number of rotatable bonds is 7. The maximum atomic E-state index is 12.3. The SMILES string of the molecule is COC(C)=CC(=N)C(=O)NCC(C)(C)n1nc(-c2ccc(C)cc2)c2c(N)ncnc21. The fourth-order valence-electron chi connectivity index (χ4n) is 3.10. The van der Waals surface area contributed by atoms with Gasteiger partial charge in [0.15, 0.2) is 5.65 Å². The van der Waals surface area contributed by atoms with Gasteiger partial charge in [0.05, 0.1) is 23.8 Å². The number of carbonyl (C=O) groups excluding carboxylic acids is 1. The predicted molar refractivity (Wildman–Crippen MR) is 121 cm³/mol. The monoisotopic (exact) mass is 421 g/mol. The maximum Gasteiger partial charge on any atom is 0.269 e. The quantitative estimate of drug-likeness (QED) is 0.397. The van der Waals surface area contributed by atoms with E-state index in [2.05, 4.69) is 15.3 Å². The van der Waals surface area contributed by atoms with Crippen LogP contribution < -0.4 is 11.1 Å². The van der Waals surface area contributed by atoms with E-state index in [1.807, 2.05) is 45.0 Å². The topological polar surface area (TPSA) is 132 Å². The van der Waals surface area contributed by atoms with Gasteiger partial charge >= 0.3 is 0 Å². The van der Waals surface area contributed by atoms with E-state index in [9.17, 15) is 4.79 Å². The van der Waals surface area contributed by atoms with Crippen LogP contribution in [-0.4, -0.2) is 45.0 Å². The lowest BCUT2D eigenvalue weighted by Gasteiger charge is -2.26. The fourth-order valence-corrected chi connectivity index (χ4v) is 3.10. The minimum absolute atomic E-state index is 0.188. The Hall–Kier alpha value is -3.75. The van der Waals surface area contributed by atoms with Gasteiger partial charge in [-0.3, -0.25) is 10.2 Å². The second-order valence-corrected chi connectivity index (χ2v) is 7.95. The number of nitrogens with one attached hydrogen (secondary N) is 2. The first-order chi connectivity index (χ1) is 14.6. The molecule has 9 nitrogen and oxygen atoms in total. The van der Waals surface area contributed by atoms with Gasteiger partial charge in [-0.05, 0) is 27.7 Å². The number of hydrogen-bond acceptors (Lipinski definition) is 7. The van der Waals surface area contributed by atoms with E-state index in [-0.39, 0.29) is 12.3 Å². The first-order valence-corrected chi connectivity index (χ1v) is 9.80. The van der Waals surface area contributed by atoms with Gasteiger partial charge in [0, 0.05) is 18.2 Å². The van der Waals surface area contributed by atoms with Crippen molar-refractivity contribution >= 4 is 28.5 Å². The number of nitrogen functional groups attached to an aromatic ring is 1. The lowest BCUT2D eigenvalue weighted by Crippen LogP contribution is -2.43. The van der Waals surface area contributed by atoms with Crippen molar-refractivity contribution in [3.05, 3.63) is 48.0 Å². The number of hydrogen-bond donors (Lipinski definition) is 3. The molecule has 1 aromatic carbocycles. The van der Waals surface area contributed by atoms with Crippen molar-refractivity contribution in [2.45, 2.75) is 33.2 Å². The Morgan fingerprint density at radius 3 is 2.61 bits per heavy atom. The molecule has 9 heteroatoms. The van der Waals surface area contributed by atoms with E-state index in [0.29, 0.717) is 28.3 Å². The molecule has 0 unspecified atom stereocenters. The van der Waals surface area contributed by atoms with Gasteiger partial charge in [-0.1, -0.05) is 29.8 Å². The zero-order valence-corrected chi connectivity index (χ0v) is 18.4. The molecule has 0 aliphatic heterocycles. The lowest BCUT2D eigenvalue weighted by atomic mass is 10.1. The number of aryl methyl sites for hydroxylation is 1. The Labute approximate surface area is 180 Å². The van der Waals surface area contributed by atoms with Gasteiger partial charge < -0.3 is 15.8 Å². The molecule has 0 fully saturated rings. The number of anilines is 1. The molecule has 2 heterocycles. The van der Waals surface area contributed by atoms with Crippen LogP contribution in [0.4, 0.5) is 5.82 Å². The number of carbonyl (C=O) groups is 1. The summed E-state index contributed by atoms with van der Waals surface area (Å²) in [7, 11) is 1.49. The Balaban J connectivity index is 1.96. The number of amides is 1. The molecule has 0 atom stereocenters. The molecule has 0 aliphatic rings. The standard InChI is InChI=1S/C22H27N7O2/c1-13-6-8-15(9-7-13)18-17-19(24)26-12-27-20(17)29(28-18)22(3,4)11-25-21(30)16(23)10-14(2)31-5/h6-10,12,23H,11H2,1-5H3,(H,25,30)(H2,24,26,27). The molecule has 0 bridgehead atoms. The number of allylic oxidation sites excluding steroid dienone is 1. The first kappa shape index (κ1) is 21.9. The van der Waals surface area contributed by atoms with E-state index in [1.54, 1.807) is 11.6 Å². The van der Waals surface area contributed by atoms with Crippen molar-refractivity contribution < 1.29 is 9.53 Å². The van der Waals surface area contributed by atoms with Gasteiger partial charge in [0.1, 0.15) is 23.6 Å². The van der Waals surface area contributed by atoms with Gasteiger partial charge in [0.2, 0.25) is 0 Å². The molecule has 0 radical (unpaired) electrons. The van der Waals surface area contributed by atoms with Crippen LogP contribution in [-0.2, 0) is 15.1 Å². The molecule has 2 aromatic heterocycles. The molecule has 1 amide bonds. The minimum atomic E-state index is -0.655. The summed E-state index contributed by atoms with van der Waals surface area (Å²) in [5.74, 6) is 0.315. The average Bonchev–Trinajstić information content (AvgIpc) is 3.14. The molecule has 3 aromatic rings. The number of fused-ring (bicyclic) bond motifs is 1. The predicted octanol–water partition coefficient (Wildman–Crippen LogP) is 2.81. The summed E-state index contributed by atoms with van der Waals surface area (Å²) >= 11 is 0. The average molecular weight is 422 g/mol. The number of nitrogens with zero attached hydrogens (tertiary/aromatic N) is 4. The van der Waals surface area contributed by atoms with Gasteiger partial charge in [-0.15, -0.1) is 0 Å². The number of methoxy groups -OCH3 is 1. The summed E-state index contributed by atoms with van der Waals surface area (Å²) in [5, 5.41) is 16.2. The highest BCUT2D eigenvalue weighted by Gasteiger charge is 2.28. The second kappa shape index (κ2) is 8.55. The van der Waals surface area contributed by atoms with Crippen LogP contribution in [0.5, 0.6) is 0 Å². The maximum absolute atomic E-state index is 12.3. The molecule has 0 aliphatic carbocycles. The summed E-state index contributed by atoms with van der Waals surface area (Å²) < 4.78 is 6.74. The van der Waals surface area contributed by atoms with Crippen LogP contribution in [0.3, 0.4) is 0 Å². The van der Waals surface area contributed by atoms with E-state index >= 15 is 0 Å². The third-order valence-corrected chi connectivity index (χ3v) is 4.99. The molecule has 0 spiro atoms. The Morgan fingerprint density at radius 1 is 1.29 bits per heavy atom. The van der Waals surface area contributed by atoms with Crippen LogP contribution in [0.1, 0.15) is 26.3 Å². The lowest BCUT2D eigenvalue weighted by molar-refractivity contribution is -0.115. The van der Waals surface area contributed by atoms with Gasteiger partial charge in [-0.2, -0.15) is 5.10 Å². The minimum Gasteiger partial charge on any atom is -0.501 e. The van der Waals surface area contributed by atoms with E-state index in [0.717, 1.165) is 11.1 Å². The molecule has 31 heavy (non-hydrogen) atoms.